The number of aliphatic carboxylic acids is 1. The van der Waals surface area contributed by atoms with Crippen LogP contribution in [0.2, 0.25) is 0 Å². The molecule has 4 aromatic rings. The van der Waals surface area contributed by atoms with Gasteiger partial charge in [0, 0.05) is 30.4 Å². The third kappa shape index (κ3) is 6.00. The number of anilines is 2. The monoisotopic (exact) mass is 538 g/mol. The molecule has 1 aromatic heterocycles. The highest BCUT2D eigenvalue weighted by atomic mass is 19.4. The number of aryl methyl sites for hydroxylation is 1. The SMILES string of the molecule is Cn1c(CNc2ccc(C(=N)N)cc2)nc2cc(C(=O)N(CCC(=O)O)c3ccccc3C(F)(F)F)ccc21. The smallest absolute Gasteiger partial charge is 0.418 e. The molecule has 0 saturated heterocycles. The minimum atomic E-state index is -4.74. The van der Waals surface area contributed by atoms with Gasteiger partial charge in [-0.05, 0) is 54.6 Å². The predicted molar refractivity (Wildman–Crippen MR) is 141 cm³/mol. The normalized spacial score (nSPS) is 11.4. The number of halogens is 3. The number of fused-ring (bicyclic) bond motifs is 1. The van der Waals surface area contributed by atoms with Gasteiger partial charge in [0.15, 0.2) is 0 Å². The second-order valence-corrected chi connectivity index (χ2v) is 8.75. The van der Waals surface area contributed by atoms with Crippen LogP contribution in [0.15, 0.2) is 66.7 Å². The van der Waals surface area contributed by atoms with Gasteiger partial charge in [0.1, 0.15) is 11.7 Å². The molecule has 0 atom stereocenters. The van der Waals surface area contributed by atoms with E-state index in [0.29, 0.717) is 29.0 Å². The maximum atomic E-state index is 13.7. The first-order chi connectivity index (χ1) is 18.5. The summed E-state index contributed by atoms with van der Waals surface area (Å²) in [6, 6.07) is 16.2. The number of para-hydroxylation sites is 1. The van der Waals surface area contributed by atoms with Crippen molar-refractivity contribution in [2.75, 3.05) is 16.8 Å². The van der Waals surface area contributed by atoms with Crippen LogP contribution in [0.3, 0.4) is 0 Å². The van der Waals surface area contributed by atoms with Crippen LogP contribution in [-0.4, -0.2) is 38.9 Å². The fourth-order valence-electron chi connectivity index (χ4n) is 4.13. The molecule has 0 aliphatic heterocycles. The van der Waals surface area contributed by atoms with Crippen molar-refractivity contribution in [1.82, 2.24) is 9.55 Å². The summed E-state index contributed by atoms with van der Waals surface area (Å²) in [5.41, 5.74) is 6.62. The van der Waals surface area contributed by atoms with Gasteiger partial charge in [-0.15, -0.1) is 0 Å². The molecule has 3 aromatic carbocycles. The van der Waals surface area contributed by atoms with Crippen LogP contribution in [0.5, 0.6) is 0 Å². The quantitative estimate of drug-likeness (QED) is 0.181. The highest BCUT2D eigenvalue weighted by molar-refractivity contribution is 6.08. The van der Waals surface area contributed by atoms with Crippen LogP contribution in [0.25, 0.3) is 11.0 Å². The number of hydrogen-bond donors (Lipinski definition) is 4. The van der Waals surface area contributed by atoms with Crippen LogP contribution < -0.4 is 16.0 Å². The molecule has 0 saturated carbocycles. The molecule has 0 aliphatic rings. The average Bonchev–Trinajstić information content (AvgIpc) is 3.21. The molecule has 202 valence electrons. The lowest BCUT2D eigenvalue weighted by Gasteiger charge is -2.25. The number of alkyl halides is 3. The minimum Gasteiger partial charge on any atom is -0.481 e. The summed E-state index contributed by atoms with van der Waals surface area (Å²) in [4.78, 5) is 30.1. The topological polar surface area (TPSA) is 137 Å². The first kappa shape index (κ1) is 27.2. The van der Waals surface area contributed by atoms with Gasteiger partial charge in [-0.1, -0.05) is 12.1 Å². The molecule has 0 spiro atoms. The number of rotatable bonds is 9. The maximum absolute atomic E-state index is 13.7. The second-order valence-electron chi connectivity index (χ2n) is 8.75. The fourth-order valence-corrected chi connectivity index (χ4v) is 4.13. The number of nitrogens with zero attached hydrogens (tertiary/aromatic N) is 3. The lowest BCUT2D eigenvalue weighted by molar-refractivity contribution is -0.137. The average molecular weight is 539 g/mol. The minimum absolute atomic E-state index is 0.0364. The summed E-state index contributed by atoms with van der Waals surface area (Å²) < 4.78 is 42.9. The molecule has 0 unspecified atom stereocenters. The zero-order valence-corrected chi connectivity index (χ0v) is 20.8. The Morgan fingerprint density at radius 1 is 1.08 bits per heavy atom. The molecular weight excluding hydrogens is 513 g/mol. The van der Waals surface area contributed by atoms with Crippen molar-refractivity contribution in [3.05, 3.63) is 89.2 Å². The van der Waals surface area contributed by atoms with Crippen molar-refractivity contribution in [1.29, 1.82) is 5.41 Å². The zero-order valence-electron chi connectivity index (χ0n) is 20.8. The van der Waals surface area contributed by atoms with E-state index in [9.17, 15) is 22.8 Å². The van der Waals surface area contributed by atoms with Crippen molar-refractivity contribution in [2.24, 2.45) is 12.8 Å². The van der Waals surface area contributed by atoms with E-state index in [4.69, 9.17) is 16.2 Å². The summed E-state index contributed by atoms with van der Waals surface area (Å²) in [5.74, 6) is -1.42. The van der Waals surface area contributed by atoms with Crippen LogP contribution in [-0.2, 0) is 24.6 Å². The lowest BCUT2D eigenvalue weighted by atomic mass is 10.1. The Hall–Kier alpha value is -4.87. The number of nitrogen functional groups attached to an aromatic ring is 1. The summed E-state index contributed by atoms with van der Waals surface area (Å²) >= 11 is 0. The molecule has 1 heterocycles. The molecule has 5 N–H and O–H groups in total. The fraction of sp³-hybridized carbons (Fsp3) is 0.185. The number of hydrogen-bond acceptors (Lipinski definition) is 5. The molecule has 39 heavy (non-hydrogen) atoms. The number of benzene rings is 3. The van der Waals surface area contributed by atoms with E-state index in [-0.39, 0.29) is 11.4 Å². The van der Waals surface area contributed by atoms with Gasteiger partial charge >= 0.3 is 12.1 Å². The number of carboxylic acids is 1. The molecule has 0 fully saturated rings. The third-order valence-corrected chi connectivity index (χ3v) is 6.16. The number of aromatic nitrogens is 2. The highest BCUT2D eigenvalue weighted by Crippen LogP contribution is 2.37. The van der Waals surface area contributed by atoms with E-state index in [1.807, 2.05) is 4.57 Å². The number of carbonyl (C=O) groups excluding carboxylic acids is 1. The van der Waals surface area contributed by atoms with E-state index >= 15 is 0 Å². The van der Waals surface area contributed by atoms with E-state index in [2.05, 4.69) is 10.3 Å². The van der Waals surface area contributed by atoms with Gasteiger partial charge in [-0.2, -0.15) is 13.2 Å². The number of carbonyl (C=O) groups is 2. The third-order valence-electron chi connectivity index (χ3n) is 6.16. The van der Waals surface area contributed by atoms with Crippen molar-refractivity contribution in [2.45, 2.75) is 19.1 Å². The van der Waals surface area contributed by atoms with Gasteiger partial charge < -0.3 is 25.6 Å². The zero-order chi connectivity index (χ0) is 28.3. The number of imidazole rings is 1. The number of nitrogens with one attached hydrogen (secondary N) is 2. The highest BCUT2D eigenvalue weighted by Gasteiger charge is 2.36. The summed E-state index contributed by atoms with van der Waals surface area (Å²) in [6.45, 7) is -0.114. The van der Waals surface area contributed by atoms with Gasteiger partial charge in [0.2, 0.25) is 0 Å². The van der Waals surface area contributed by atoms with Gasteiger partial charge in [0.25, 0.3) is 5.91 Å². The number of amides is 1. The van der Waals surface area contributed by atoms with E-state index in [0.717, 1.165) is 22.7 Å². The summed E-state index contributed by atoms with van der Waals surface area (Å²) in [7, 11) is 1.80. The Kier molecular flexibility index (Phi) is 7.56. The van der Waals surface area contributed by atoms with Gasteiger partial charge in [-0.25, -0.2) is 4.98 Å². The predicted octanol–water partition coefficient (Wildman–Crippen LogP) is 4.61. The largest absolute Gasteiger partial charge is 0.481 e. The molecule has 1 amide bonds. The number of amidine groups is 1. The number of nitrogens with two attached hydrogens (primary N) is 1. The summed E-state index contributed by atoms with van der Waals surface area (Å²) in [5, 5.41) is 19.8. The van der Waals surface area contributed by atoms with Gasteiger partial charge in [-0.3, -0.25) is 15.0 Å². The molecule has 0 aliphatic carbocycles. The molecule has 0 bridgehead atoms. The first-order valence-corrected chi connectivity index (χ1v) is 11.8. The Balaban J connectivity index is 1.63. The second kappa shape index (κ2) is 10.9. The Morgan fingerprint density at radius 2 is 1.74 bits per heavy atom. The van der Waals surface area contributed by atoms with Crippen LogP contribution in [0.1, 0.15) is 33.7 Å². The molecule has 0 radical (unpaired) electrons. The van der Waals surface area contributed by atoms with Crippen LogP contribution in [0, 0.1) is 5.41 Å². The lowest BCUT2D eigenvalue weighted by Crippen LogP contribution is -2.34. The van der Waals surface area contributed by atoms with Gasteiger partial charge in [0.05, 0.1) is 35.2 Å². The Labute approximate surface area is 221 Å². The molecule has 4 rings (SSSR count). The van der Waals surface area contributed by atoms with Crippen LogP contribution in [0.4, 0.5) is 24.5 Å². The van der Waals surface area contributed by atoms with Crippen molar-refractivity contribution in [3.8, 4) is 0 Å². The Bertz CT molecular complexity index is 1550. The van der Waals surface area contributed by atoms with Crippen molar-refractivity contribution in [3.63, 3.8) is 0 Å². The summed E-state index contributed by atoms with van der Waals surface area (Å²) in [6.07, 6.45) is -5.27. The molecule has 9 nitrogen and oxygen atoms in total. The van der Waals surface area contributed by atoms with Crippen molar-refractivity contribution >= 4 is 40.1 Å². The first-order valence-electron chi connectivity index (χ1n) is 11.8. The maximum Gasteiger partial charge on any atom is 0.418 e. The van der Waals surface area contributed by atoms with E-state index in [1.165, 1.54) is 24.3 Å². The molecule has 12 heteroatoms. The van der Waals surface area contributed by atoms with E-state index < -0.39 is 42.3 Å². The van der Waals surface area contributed by atoms with Crippen LogP contribution >= 0.6 is 0 Å². The number of carboxylic acid groups (broad SMARTS) is 1. The Morgan fingerprint density at radius 3 is 2.38 bits per heavy atom. The standard InChI is InChI=1S/C27H25F3N6O3/c1-35-22-11-8-17(14-20(22)34-23(35)15-33-18-9-6-16(7-10-18)25(31)32)26(39)36(13-12-24(37)38)21-5-3-2-4-19(21)27(28,29)30/h2-11,14,33H,12-13,15H2,1H3,(H3,31,32)(H,37,38). The molecular formula is C27H25F3N6O3. The van der Waals surface area contributed by atoms with Crippen molar-refractivity contribution < 1.29 is 27.9 Å². The van der Waals surface area contributed by atoms with E-state index in [1.54, 1.807) is 37.4 Å².